The minimum Gasteiger partial charge on any atom is -0.337 e. The van der Waals surface area contributed by atoms with Crippen molar-refractivity contribution in [3.05, 3.63) is 47.5 Å². The average molecular weight is 230 g/mol. The number of pyridine rings is 1. The molecule has 0 bridgehead atoms. The summed E-state index contributed by atoms with van der Waals surface area (Å²) in [7, 11) is 1.77. The normalized spacial score (nSPS) is 10.2. The fourth-order valence-corrected chi connectivity index (χ4v) is 1.61. The molecule has 0 fully saturated rings. The van der Waals surface area contributed by atoms with E-state index in [2.05, 4.69) is 15.2 Å². The lowest BCUT2D eigenvalue weighted by atomic mass is 10.2. The molecule has 1 amide bonds. The highest BCUT2D eigenvalue weighted by molar-refractivity contribution is 5.94. The van der Waals surface area contributed by atoms with E-state index >= 15 is 0 Å². The molecule has 0 radical (unpaired) electrons. The van der Waals surface area contributed by atoms with Gasteiger partial charge in [0, 0.05) is 42.8 Å². The fourth-order valence-electron chi connectivity index (χ4n) is 1.61. The van der Waals surface area contributed by atoms with Crippen molar-refractivity contribution in [1.82, 2.24) is 20.1 Å². The van der Waals surface area contributed by atoms with Crippen LogP contribution in [-0.4, -0.2) is 33.0 Å². The summed E-state index contributed by atoms with van der Waals surface area (Å²) < 4.78 is 0. The molecule has 0 atom stereocenters. The second-order valence-electron chi connectivity index (χ2n) is 3.95. The molecule has 2 aromatic heterocycles. The van der Waals surface area contributed by atoms with E-state index in [1.165, 1.54) is 0 Å². The topological polar surface area (TPSA) is 61.9 Å². The Hall–Kier alpha value is -2.17. The van der Waals surface area contributed by atoms with Gasteiger partial charge in [-0.3, -0.25) is 14.9 Å². The molecule has 0 spiro atoms. The summed E-state index contributed by atoms with van der Waals surface area (Å²) >= 11 is 0. The quantitative estimate of drug-likeness (QED) is 0.866. The van der Waals surface area contributed by atoms with Gasteiger partial charge in [0.15, 0.2) is 0 Å². The molecule has 2 aromatic rings. The van der Waals surface area contributed by atoms with Gasteiger partial charge in [-0.2, -0.15) is 5.10 Å². The summed E-state index contributed by atoms with van der Waals surface area (Å²) in [5.74, 6) is -0.0169. The molecule has 88 valence electrons. The van der Waals surface area contributed by atoms with Crippen molar-refractivity contribution in [2.24, 2.45) is 0 Å². The molecule has 0 unspecified atom stereocenters. The van der Waals surface area contributed by atoms with Crippen LogP contribution in [0.5, 0.6) is 0 Å². The molecule has 17 heavy (non-hydrogen) atoms. The fraction of sp³-hybridized carbons (Fsp3) is 0.250. The Labute approximate surface area is 99.5 Å². The first-order valence-corrected chi connectivity index (χ1v) is 5.32. The number of carbonyl (C=O) groups excluding carboxylic acids is 1. The van der Waals surface area contributed by atoms with E-state index < -0.39 is 0 Å². The highest BCUT2D eigenvalue weighted by atomic mass is 16.2. The number of nitrogens with one attached hydrogen (secondary N) is 1. The molecular weight excluding hydrogens is 216 g/mol. The minimum atomic E-state index is -0.0169. The maximum atomic E-state index is 12.1. The molecule has 0 saturated carbocycles. The first kappa shape index (κ1) is 11.3. The number of nitrogens with zero attached hydrogens (tertiary/aromatic N) is 3. The van der Waals surface area contributed by atoms with Crippen molar-refractivity contribution in [2.75, 3.05) is 7.05 Å². The molecule has 0 saturated heterocycles. The molecule has 2 rings (SSSR count). The summed E-state index contributed by atoms with van der Waals surface area (Å²) in [6.07, 6.45) is 5.14. The zero-order valence-corrected chi connectivity index (χ0v) is 9.84. The molecule has 0 aromatic carbocycles. The highest BCUT2D eigenvalue weighted by Gasteiger charge is 2.12. The van der Waals surface area contributed by atoms with Gasteiger partial charge in [0.2, 0.25) is 0 Å². The summed E-state index contributed by atoms with van der Waals surface area (Å²) in [6.45, 7) is 2.41. The van der Waals surface area contributed by atoms with E-state index in [-0.39, 0.29) is 5.91 Å². The smallest absolute Gasteiger partial charge is 0.254 e. The van der Waals surface area contributed by atoms with Crippen LogP contribution in [0, 0.1) is 6.92 Å². The second-order valence-corrected chi connectivity index (χ2v) is 3.95. The molecule has 1 N–H and O–H groups in total. The minimum absolute atomic E-state index is 0.0169. The van der Waals surface area contributed by atoms with Gasteiger partial charge in [0.1, 0.15) is 0 Å². The zero-order valence-electron chi connectivity index (χ0n) is 9.84. The Morgan fingerprint density at radius 1 is 1.53 bits per heavy atom. The molecule has 2 heterocycles. The average Bonchev–Trinajstić information content (AvgIpc) is 2.80. The Kier molecular flexibility index (Phi) is 3.18. The number of aromatic nitrogens is 3. The van der Waals surface area contributed by atoms with Gasteiger partial charge in [0.25, 0.3) is 5.91 Å². The van der Waals surface area contributed by atoms with Gasteiger partial charge in [-0.25, -0.2) is 0 Å². The van der Waals surface area contributed by atoms with E-state index in [0.717, 1.165) is 11.3 Å². The van der Waals surface area contributed by atoms with E-state index in [1.54, 1.807) is 42.7 Å². The van der Waals surface area contributed by atoms with Crippen LogP contribution in [0.15, 0.2) is 30.7 Å². The van der Waals surface area contributed by atoms with Gasteiger partial charge in [-0.1, -0.05) is 0 Å². The Morgan fingerprint density at radius 3 is 3.00 bits per heavy atom. The first-order valence-electron chi connectivity index (χ1n) is 5.32. The van der Waals surface area contributed by atoms with Gasteiger partial charge in [0.05, 0.1) is 6.20 Å². The van der Waals surface area contributed by atoms with Crippen LogP contribution in [0.1, 0.15) is 21.6 Å². The molecule has 0 aliphatic heterocycles. The lowest BCUT2D eigenvalue weighted by Crippen LogP contribution is -2.26. The predicted molar refractivity (Wildman–Crippen MR) is 63.4 cm³/mol. The number of H-pyrrole nitrogens is 1. The van der Waals surface area contributed by atoms with Gasteiger partial charge in [-0.05, 0) is 19.1 Å². The summed E-state index contributed by atoms with van der Waals surface area (Å²) in [5, 5.41) is 6.57. The van der Waals surface area contributed by atoms with E-state index in [1.807, 2.05) is 6.92 Å². The number of hydrogen-bond acceptors (Lipinski definition) is 3. The van der Waals surface area contributed by atoms with Crippen LogP contribution >= 0.6 is 0 Å². The van der Waals surface area contributed by atoms with E-state index in [0.29, 0.717) is 12.1 Å². The predicted octanol–water partition coefficient (Wildman–Crippen LogP) is 1.39. The third-order valence-corrected chi connectivity index (χ3v) is 2.46. The summed E-state index contributed by atoms with van der Waals surface area (Å²) in [4.78, 5) is 17.8. The van der Waals surface area contributed by atoms with Crippen molar-refractivity contribution in [3.8, 4) is 0 Å². The van der Waals surface area contributed by atoms with Gasteiger partial charge in [-0.15, -0.1) is 0 Å². The number of aryl methyl sites for hydroxylation is 1. The van der Waals surface area contributed by atoms with Crippen LogP contribution < -0.4 is 0 Å². The lowest BCUT2D eigenvalue weighted by Gasteiger charge is -2.16. The number of aromatic amines is 1. The van der Waals surface area contributed by atoms with Crippen molar-refractivity contribution < 1.29 is 4.79 Å². The van der Waals surface area contributed by atoms with E-state index in [4.69, 9.17) is 0 Å². The van der Waals surface area contributed by atoms with Gasteiger partial charge >= 0.3 is 0 Å². The zero-order chi connectivity index (χ0) is 12.3. The molecular formula is C12H14N4O. The van der Waals surface area contributed by atoms with Crippen molar-refractivity contribution in [2.45, 2.75) is 13.5 Å². The molecule has 5 heteroatoms. The van der Waals surface area contributed by atoms with Crippen molar-refractivity contribution >= 4 is 5.91 Å². The Bertz CT molecular complexity index is 507. The SMILES string of the molecule is Cc1cc(C(=O)N(C)Cc2cn[nH]c2)ccn1. The third-order valence-electron chi connectivity index (χ3n) is 2.46. The number of rotatable bonds is 3. The number of carbonyl (C=O) groups is 1. The largest absolute Gasteiger partial charge is 0.337 e. The Balaban J connectivity index is 2.09. The van der Waals surface area contributed by atoms with Gasteiger partial charge < -0.3 is 4.90 Å². The third kappa shape index (κ3) is 2.69. The van der Waals surface area contributed by atoms with Crippen LogP contribution in [0.4, 0.5) is 0 Å². The van der Waals surface area contributed by atoms with Crippen LogP contribution in [-0.2, 0) is 6.54 Å². The van der Waals surface area contributed by atoms with E-state index in [9.17, 15) is 4.79 Å². The maximum Gasteiger partial charge on any atom is 0.254 e. The van der Waals surface area contributed by atoms with Crippen LogP contribution in [0.3, 0.4) is 0 Å². The van der Waals surface area contributed by atoms with Crippen molar-refractivity contribution in [1.29, 1.82) is 0 Å². The van der Waals surface area contributed by atoms with Crippen molar-refractivity contribution in [3.63, 3.8) is 0 Å². The highest BCUT2D eigenvalue weighted by Crippen LogP contribution is 2.07. The lowest BCUT2D eigenvalue weighted by molar-refractivity contribution is 0.0785. The van der Waals surface area contributed by atoms with Crippen LogP contribution in [0.25, 0.3) is 0 Å². The molecule has 0 aliphatic carbocycles. The summed E-state index contributed by atoms with van der Waals surface area (Å²) in [5.41, 5.74) is 2.47. The molecule has 5 nitrogen and oxygen atoms in total. The maximum absolute atomic E-state index is 12.1. The standard InChI is InChI=1S/C12H14N4O/c1-9-5-11(3-4-13-9)12(17)16(2)8-10-6-14-15-7-10/h3-7H,8H2,1-2H3,(H,14,15). The second kappa shape index (κ2) is 4.78. The Morgan fingerprint density at radius 2 is 2.35 bits per heavy atom. The number of hydrogen-bond donors (Lipinski definition) is 1. The first-order chi connectivity index (χ1) is 8.16. The number of amides is 1. The summed E-state index contributed by atoms with van der Waals surface area (Å²) in [6, 6.07) is 3.51. The van der Waals surface area contributed by atoms with Crippen LogP contribution in [0.2, 0.25) is 0 Å². The molecule has 0 aliphatic rings. The monoisotopic (exact) mass is 230 g/mol.